The number of ether oxygens (including phenoxy) is 1. The van der Waals surface area contributed by atoms with E-state index < -0.39 is 5.97 Å². The van der Waals surface area contributed by atoms with E-state index in [-0.39, 0.29) is 11.4 Å². The Kier molecular flexibility index (Phi) is 3.82. The molecular weight excluding hydrogens is 336 g/mol. The van der Waals surface area contributed by atoms with E-state index in [1.807, 2.05) is 0 Å². The smallest absolute Gasteiger partial charge is 0.343 e. The molecule has 7 heteroatoms. The van der Waals surface area contributed by atoms with E-state index in [2.05, 4.69) is 21.0 Å². The van der Waals surface area contributed by atoms with E-state index in [4.69, 9.17) is 16.3 Å². The zero-order valence-electron chi connectivity index (χ0n) is 10.1. The van der Waals surface area contributed by atoms with Gasteiger partial charge < -0.3 is 9.84 Å². The van der Waals surface area contributed by atoms with Crippen LogP contribution in [0.4, 0.5) is 0 Å². The maximum absolute atomic E-state index is 11.2. The van der Waals surface area contributed by atoms with Crippen molar-refractivity contribution in [3.8, 4) is 11.6 Å². The molecule has 0 saturated carbocycles. The van der Waals surface area contributed by atoms with Crippen LogP contribution in [0.3, 0.4) is 0 Å². The molecule has 0 fully saturated rings. The normalized spacial score (nSPS) is 10.5. The van der Waals surface area contributed by atoms with E-state index in [1.165, 1.54) is 4.68 Å². The minimum Gasteiger partial charge on any atom is -0.477 e. The predicted octanol–water partition coefficient (Wildman–Crippen LogP) is 3.63. The van der Waals surface area contributed by atoms with Crippen LogP contribution in [-0.2, 0) is 7.05 Å². The molecule has 1 aromatic carbocycles. The molecule has 0 aliphatic rings. The first kappa shape index (κ1) is 13.9. The van der Waals surface area contributed by atoms with Gasteiger partial charge in [0.2, 0.25) is 5.88 Å². The maximum Gasteiger partial charge on any atom is 0.343 e. The lowest BCUT2D eigenvalue weighted by Gasteiger charge is -2.09. The van der Waals surface area contributed by atoms with Crippen LogP contribution in [0.15, 0.2) is 22.7 Å². The standard InChI is InChI=1S/C12H10BrClN2O3/c1-6-10(12(17)18)11(16(2)15-6)19-9-5-7(13)3-4-8(9)14/h3-5H,1-2H3,(H,17,18). The van der Waals surface area contributed by atoms with Gasteiger partial charge in [0, 0.05) is 11.5 Å². The molecule has 5 nitrogen and oxygen atoms in total. The van der Waals surface area contributed by atoms with Gasteiger partial charge in [0.05, 0.1) is 10.7 Å². The summed E-state index contributed by atoms with van der Waals surface area (Å²) < 4.78 is 7.74. The average Bonchev–Trinajstić information content (AvgIpc) is 2.59. The Labute approximate surface area is 122 Å². The molecule has 100 valence electrons. The zero-order chi connectivity index (χ0) is 14.2. The molecule has 0 unspecified atom stereocenters. The summed E-state index contributed by atoms with van der Waals surface area (Å²) in [6, 6.07) is 5.09. The minimum absolute atomic E-state index is 0.0264. The predicted molar refractivity (Wildman–Crippen MR) is 74.1 cm³/mol. The largest absolute Gasteiger partial charge is 0.477 e. The maximum atomic E-state index is 11.2. The van der Waals surface area contributed by atoms with Crippen molar-refractivity contribution in [3.05, 3.63) is 39.0 Å². The van der Waals surface area contributed by atoms with E-state index in [1.54, 1.807) is 32.2 Å². The summed E-state index contributed by atoms with van der Waals surface area (Å²) in [6.45, 7) is 1.61. The van der Waals surface area contributed by atoms with Crippen LogP contribution in [0.1, 0.15) is 16.1 Å². The average molecular weight is 346 g/mol. The Hall–Kier alpha value is -1.53. The lowest BCUT2D eigenvalue weighted by Crippen LogP contribution is -2.02. The highest BCUT2D eigenvalue weighted by Crippen LogP contribution is 2.34. The molecule has 1 heterocycles. The van der Waals surface area contributed by atoms with Crippen molar-refractivity contribution >= 4 is 33.5 Å². The van der Waals surface area contributed by atoms with Crippen molar-refractivity contribution in [3.63, 3.8) is 0 Å². The molecule has 0 aliphatic carbocycles. The topological polar surface area (TPSA) is 64.4 Å². The van der Waals surface area contributed by atoms with E-state index in [0.29, 0.717) is 16.5 Å². The Morgan fingerprint density at radius 1 is 1.53 bits per heavy atom. The first-order valence-corrected chi connectivity index (χ1v) is 6.47. The lowest BCUT2D eigenvalue weighted by molar-refractivity contribution is 0.0693. The number of aromatic carboxylic acids is 1. The van der Waals surface area contributed by atoms with Crippen molar-refractivity contribution in [2.45, 2.75) is 6.92 Å². The van der Waals surface area contributed by atoms with Gasteiger partial charge in [-0.1, -0.05) is 27.5 Å². The van der Waals surface area contributed by atoms with Crippen LogP contribution in [0.25, 0.3) is 0 Å². The zero-order valence-corrected chi connectivity index (χ0v) is 12.5. The number of aryl methyl sites for hydroxylation is 2. The minimum atomic E-state index is -1.09. The monoisotopic (exact) mass is 344 g/mol. The second-order valence-electron chi connectivity index (χ2n) is 3.87. The summed E-state index contributed by atoms with van der Waals surface area (Å²) >= 11 is 9.32. The molecule has 1 aromatic heterocycles. The third-order valence-electron chi connectivity index (χ3n) is 2.48. The number of hydrogen-bond acceptors (Lipinski definition) is 3. The highest BCUT2D eigenvalue weighted by Gasteiger charge is 2.22. The summed E-state index contributed by atoms with van der Waals surface area (Å²) in [6.07, 6.45) is 0. The fraction of sp³-hybridized carbons (Fsp3) is 0.167. The Bertz CT molecular complexity index is 655. The number of carbonyl (C=O) groups is 1. The van der Waals surface area contributed by atoms with Gasteiger partial charge in [-0.05, 0) is 25.1 Å². The van der Waals surface area contributed by atoms with Crippen molar-refractivity contribution in [1.29, 1.82) is 0 Å². The second kappa shape index (κ2) is 5.22. The van der Waals surface area contributed by atoms with Crippen LogP contribution in [0.2, 0.25) is 5.02 Å². The third kappa shape index (κ3) is 2.74. The number of benzene rings is 1. The number of nitrogens with zero attached hydrogens (tertiary/aromatic N) is 2. The lowest BCUT2D eigenvalue weighted by atomic mass is 10.2. The van der Waals surface area contributed by atoms with Crippen LogP contribution in [0, 0.1) is 6.92 Å². The molecule has 0 atom stereocenters. The van der Waals surface area contributed by atoms with Gasteiger partial charge in [-0.3, -0.25) is 0 Å². The fourth-order valence-corrected chi connectivity index (χ4v) is 2.16. The van der Waals surface area contributed by atoms with E-state index >= 15 is 0 Å². The number of carboxylic acid groups (broad SMARTS) is 1. The molecule has 0 saturated heterocycles. The first-order valence-electron chi connectivity index (χ1n) is 5.30. The van der Waals surface area contributed by atoms with Crippen LogP contribution >= 0.6 is 27.5 Å². The molecule has 0 spiro atoms. The molecule has 2 aromatic rings. The molecule has 0 aliphatic heterocycles. The highest BCUT2D eigenvalue weighted by molar-refractivity contribution is 9.10. The summed E-state index contributed by atoms with van der Waals surface area (Å²) in [4.78, 5) is 11.2. The third-order valence-corrected chi connectivity index (χ3v) is 3.29. The molecule has 2 rings (SSSR count). The quantitative estimate of drug-likeness (QED) is 0.922. The number of aromatic nitrogens is 2. The first-order chi connectivity index (χ1) is 8.90. The number of halogens is 2. The van der Waals surface area contributed by atoms with Gasteiger partial charge in [-0.25, -0.2) is 9.48 Å². The summed E-state index contributed by atoms with van der Waals surface area (Å²) in [5.41, 5.74) is 0.412. The number of carboxylic acids is 1. The van der Waals surface area contributed by atoms with Crippen LogP contribution in [-0.4, -0.2) is 20.9 Å². The summed E-state index contributed by atoms with van der Waals surface area (Å²) in [5.74, 6) is -0.585. The van der Waals surface area contributed by atoms with Gasteiger partial charge in [0.25, 0.3) is 0 Å². The van der Waals surface area contributed by atoms with Gasteiger partial charge >= 0.3 is 5.97 Å². The summed E-state index contributed by atoms with van der Waals surface area (Å²) in [5, 5.41) is 13.6. The summed E-state index contributed by atoms with van der Waals surface area (Å²) in [7, 11) is 1.61. The molecule has 0 amide bonds. The van der Waals surface area contributed by atoms with Gasteiger partial charge in [0.15, 0.2) is 0 Å². The molecule has 1 N–H and O–H groups in total. The van der Waals surface area contributed by atoms with Gasteiger partial charge in [-0.2, -0.15) is 5.10 Å². The van der Waals surface area contributed by atoms with Gasteiger partial charge in [0.1, 0.15) is 11.3 Å². The number of rotatable bonds is 3. The van der Waals surface area contributed by atoms with E-state index in [0.717, 1.165) is 4.47 Å². The van der Waals surface area contributed by atoms with Crippen LogP contribution < -0.4 is 4.74 Å². The molecule has 0 bridgehead atoms. The fourth-order valence-electron chi connectivity index (χ4n) is 1.66. The van der Waals surface area contributed by atoms with Crippen molar-refractivity contribution in [2.24, 2.45) is 7.05 Å². The Morgan fingerprint density at radius 2 is 2.21 bits per heavy atom. The molecule has 0 radical (unpaired) electrons. The Morgan fingerprint density at radius 3 is 2.84 bits per heavy atom. The second-order valence-corrected chi connectivity index (χ2v) is 5.19. The highest BCUT2D eigenvalue weighted by atomic mass is 79.9. The van der Waals surface area contributed by atoms with Gasteiger partial charge in [-0.15, -0.1) is 0 Å². The molecular formula is C12H10BrClN2O3. The van der Waals surface area contributed by atoms with Crippen molar-refractivity contribution in [1.82, 2.24) is 9.78 Å². The van der Waals surface area contributed by atoms with Crippen molar-refractivity contribution < 1.29 is 14.6 Å². The SMILES string of the molecule is Cc1nn(C)c(Oc2cc(Br)ccc2Cl)c1C(=O)O. The molecule has 19 heavy (non-hydrogen) atoms. The van der Waals surface area contributed by atoms with Crippen molar-refractivity contribution in [2.75, 3.05) is 0 Å². The van der Waals surface area contributed by atoms with Crippen LogP contribution in [0.5, 0.6) is 11.6 Å². The number of hydrogen-bond donors (Lipinski definition) is 1. The Balaban J connectivity index is 2.49. The van der Waals surface area contributed by atoms with E-state index in [9.17, 15) is 9.90 Å².